The number of nitrogens with one attached hydrogen (secondary N) is 1. The minimum Gasteiger partial charge on any atom is -0.496 e. The fourth-order valence-electron chi connectivity index (χ4n) is 1.91. The van der Waals surface area contributed by atoms with E-state index in [9.17, 15) is 10.1 Å². The summed E-state index contributed by atoms with van der Waals surface area (Å²) in [5.41, 5.74) is 0.828. The third kappa shape index (κ3) is 4.51. The van der Waals surface area contributed by atoms with E-state index in [1.807, 2.05) is 6.07 Å². The van der Waals surface area contributed by atoms with Gasteiger partial charge in [0.1, 0.15) is 17.4 Å². The molecule has 0 saturated heterocycles. The van der Waals surface area contributed by atoms with Gasteiger partial charge in [-0.3, -0.25) is 4.79 Å². The summed E-state index contributed by atoms with van der Waals surface area (Å²) in [7, 11) is 1.51. The number of halogens is 3. The van der Waals surface area contributed by atoms with E-state index in [0.717, 1.165) is 4.47 Å². The quantitative estimate of drug-likeness (QED) is 0.533. The standard InChI is InChI=1S/C17H11BrCl2N2O2/c1-24-16-5-2-12(18)7-10(16)6-11(9-21)17(23)22-15-8-13(19)3-4-14(15)20/h2-8H,1H3,(H,22,23)/b11-6-. The molecule has 122 valence electrons. The molecule has 0 aliphatic carbocycles. The zero-order valence-corrected chi connectivity index (χ0v) is 15.5. The van der Waals surface area contributed by atoms with Gasteiger partial charge in [-0.05, 0) is 42.5 Å². The Bertz CT molecular complexity index is 860. The van der Waals surface area contributed by atoms with E-state index in [2.05, 4.69) is 21.2 Å². The van der Waals surface area contributed by atoms with Crippen LogP contribution in [0.2, 0.25) is 10.0 Å². The lowest BCUT2D eigenvalue weighted by Gasteiger charge is -2.08. The second-order valence-corrected chi connectivity index (χ2v) is 6.39. The molecule has 24 heavy (non-hydrogen) atoms. The van der Waals surface area contributed by atoms with E-state index < -0.39 is 5.91 Å². The van der Waals surface area contributed by atoms with Gasteiger partial charge in [0.05, 0.1) is 17.8 Å². The van der Waals surface area contributed by atoms with Crippen LogP contribution in [0.3, 0.4) is 0 Å². The molecule has 0 aliphatic rings. The van der Waals surface area contributed by atoms with E-state index in [-0.39, 0.29) is 5.57 Å². The van der Waals surface area contributed by atoms with Crippen LogP contribution in [0.4, 0.5) is 5.69 Å². The summed E-state index contributed by atoms with van der Waals surface area (Å²) in [6.07, 6.45) is 1.44. The third-order valence-electron chi connectivity index (χ3n) is 3.03. The first-order chi connectivity index (χ1) is 11.4. The van der Waals surface area contributed by atoms with Gasteiger partial charge in [-0.2, -0.15) is 5.26 Å². The number of methoxy groups -OCH3 is 1. The highest BCUT2D eigenvalue weighted by atomic mass is 79.9. The number of ether oxygens (including phenoxy) is 1. The highest BCUT2D eigenvalue weighted by Gasteiger charge is 2.13. The van der Waals surface area contributed by atoms with Crippen molar-refractivity contribution in [2.45, 2.75) is 0 Å². The number of nitrogens with zero attached hydrogens (tertiary/aromatic N) is 1. The van der Waals surface area contributed by atoms with E-state index in [1.54, 1.807) is 30.3 Å². The summed E-state index contributed by atoms with van der Waals surface area (Å²) in [4.78, 5) is 12.3. The van der Waals surface area contributed by atoms with Crippen molar-refractivity contribution in [3.05, 3.63) is 62.1 Å². The Labute approximate surface area is 157 Å². The van der Waals surface area contributed by atoms with Gasteiger partial charge < -0.3 is 10.1 Å². The maximum Gasteiger partial charge on any atom is 0.266 e. The Morgan fingerprint density at radius 3 is 2.71 bits per heavy atom. The number of carbonyl (C=O) groups excluding carboxylic acids is 1. The van der Waals surface area contributed by atoms with Crippen LogP contribution in [-0.4, -0.2) is 13.0 Å². The number of carbonyl (C=O) groups is 1. The molecule has 0 bridgehead atoms. The second kappa shape index (κ2) is 8.20. The Morgan fingerprint density at radius 2 is 2.04 bits per heavy atom. The second-order valence-electron chi connectivity index (χ2n) is 4.63. The minimum absolute atomic E-state index is 0.0950. The summed E-state index contributed by atoms with van der Waals surface area (Å²) >= 11 is 15.2. The largest absolute Gasteiger partial charge is 0.496 e. The molecule has 0 unspecified atom stereocenters. The number of rotatable bonds is 4. The van der Waals surface area contributed by atoms with Crippen molar-refractivity contribution in [3.8, 4) is 11.8 Å². The van der Waals surface area contributed by atoms with Crippen LogP contribution in [-0.2, 0) is 4.79 Å². The van der Waals surface area contributed by atoms with Crippen molar-refractivity contribution >= 4 is 56.8 Å². The van der Waals surface area contributed by atoms with Crippen LogP contribution in [0.5, 0.6) is 5.75 Å². The lowest BCUT2D eigenvalue weighted by atomic mass is 10.1. The molecular weight excluding hydrogens is 415 g/mol. The van der Waals surface area contributed by atoms with Gasteiger partial charge in [-0.15, -0.1) is 0 Å². The molecule has 1 N–H and O–H groups in total. The van der Waals surface area contributed by atoms with Gasteiger partial charge in [-0.1, -0.05) is 39.1 Å². The molecule has 0 spiro atoms. The number of hydrogen-bond donors (Lipinski definition) is 1. The molecule has 2 rings (SSSR count). The number of benzene rings is 2. The highest BCUT2D eigenvalue weighted by molar-refractivity contribution is 9.10. The van der Waals surface area contributed by atoms with Crippen molar-refractivity contribution in [2.75, 3.05) is 12.4 Å². The number of nitriles is 1. The van der Waals surface area contributed by atoms with Gasteiger partial charge in [0.2, 0.25) is 0 Å². The van der Waals surface area contributed by atoms with Crippen LogP contribution in [0.15, 0.2) is 46.4 Å². The molecule has 2 aromatic rings. The first-order valence-electron chi connectivity index (χ1n) is 6.66. The molecule has 0 heterocycles. The first kappa shape index (κ1) is 18.3. The molecule has 0 aliphatic heterocycles. The third-order valence-corrected chi connectivity index (χ3v) is 4.09. The zero-order valence-electron chi connectivity index (χ0n) is 12.4. The van der Waals surface area contributed by atoms with Crippen molar-refractivity contribution in [2.24, 2.45) is 0 Å². The van der Waals surface area contributed by atoms with Gasteiger partial charge in [-0.25, -0.2) is 0 Å². The van der Waals surface area contributed by atoms with Gasteiger partial charge in [0, 0.05) is 15.1 Å². The Morgan fingerprint density at radius 1 is 1.29 bits per heavy atom. The minimum atomic E-state index is -0.594. The van der Waals surface area contributed by atoms with E-state index in [4.69, 9.17) is 27.9 Å². The SMILES string of the molecule is COc1ccc(Br)cc1/C=C(/C#N)C(=O)Nc1cc(Cl)ccc1Cl. The van der Waals surface area contributed by atoms with Crippen LogP contribution in [0.25, 0.3) is 6.08 Å². The topological polar surface area (TPSA) is 62.1 Å². The van der Waals surface area contributed by atoms with Crippen LogP contribution >= 0.6 is 39.1 Å². The molecular formula is C17H11BrCl2N2O2. The molecule has 0 radical (unpaired) electrons. The average Bonchev–Trinajstić information content (AvgIpc) is 2.56. The summed E-state index contributed by atoms with van der Waals surface area (Å²) in [6, 6.07) is 11.8. The number of anilines is 1. The fraction of sp³-hybridized carbons (Fsp3) is 0.0588. The monoisotopic (exact) mass is 424 g/mol. The molecule has 0 fully saturated rings. The fourth-order valence-corrected chi connectivity index (χ4v) is 2.62. The lowest BCUT2D eigenvalue weighted by Crippen LogP contribution is -2.13. The number of hydrogen-bond acceptors (Lipinski definition) is 3. The van der Waals surface area contributed by atoms with Gasteiger partial charge >= 0.3 is 0 Å². The molecule has 0 aromatic heterocycles. The van der Waals surface area contributed by atoms with Crippen LogP contribution < -0.4 is 10.1 Å². The van der Waals surface area contributed by atoms with Crippen molar-refractivity contribution in [3.63, 3.8) is 0 Å². The Kier molecular flexibility index (Phi) is 6.27. The van der Waals surface area contributed by atoms with Gasteiger partial charge in [0.25, 0.3) is 5.91 Å². The predicted octanol–water partition coefficient (Wildman–Crippen LogP) is 5.31. The first-order valence-corrected chi connectivity index (χ1v) is 8.21. The molecule has 7 heteroatoms. The van der Waals surface area contributed by atoms with Crippen LogP contribution in [0.1, 0.15) is 5.56 Å². The van der Waals surface area contributed by atoms with E-state index in [0.29, 0.717) is 27.0 Å². The molecule has 0 saturated carbocycles. The Hall–Kier alpha value is -2.00. The highest BCUT2D eigenvalue weighted by Crippen LogP contribution is 2.27. The van der Waals surface area contributed by atoms with E-state index >= 15 is 0 Å². The van der Waals surface area contributed by atoms with Crippen molar-refractivity contribution < 1.29 is 9.53 Å². The summed E-state index contributed by atoms with van der Waals surface area (Å²) in [5.74, 6) is -0.0526. The molecule has 2 aromatic carbocycles. The predicted molar refractivity (Wildman–Crippen MR) is 99.4 cm³/mol. The summed E-state index contributed by atoms with van der Waals surface area (Å²) < 4.78 is 6.03. The normalized spacial score (nSPS) is 10.9. The average molecular weight is 426 g/mol. The lowest BCUT2D eigenvalue weighted by molar-refractivity contribution is -0.112. The van der Waals surface area contributed by atoms with Gasteiger partial charge in [0.15, 0.2) is 0 Å². The maximum atomic E-state index is 12.3. The summed E-state index contributed by atoms with van der Waals surface area (Å²) in [5, 5.41) is 12.6. The van der Waals surface area contributed by atoms with Crippen molar-refractivity contribution in [1.82, 2.24) is 0 Å². The summed E-state index contributed by atoms with van der Waals surface area (Å²) in [6.45, 7) is 0. The zero-order chi connectivity index (χ0) is 17.7. The molecule has 0 atom stereocenters. The maximum absolute atomic E-state index is 12.3. The van der Waals surface area contributed by atoms with Crippen molar-refractivity contribution in [1.29, 1.82) is 5.26 Å². The Balaban J connectivity index is 2.34. The number of amides is 1. The molecule has 1 amide bonds. The van der Waals surface area contributed by atoms with Crippen LogP contribution in [0, 0.1) is 11.3 Å². The smallest absolute Gasteiger partial charge is 0.266 e. The molecule has 4 nitrogen and oxygen atoms in total. The van der Waals surface area contributed by atoms with E-state index in [1.165, 1.54) is 19.3 Å².